The molecule has 0 bridgehead atoms. The Bertz CT molecular complexity index is 702. The summed E-state index contributed by atoms with van der Waals surface area (Å²) < 4.78 is 5.59. The van der Waals surface area contributed by atoms with E-state index in [-0.39, 0.29) is 5.28 Å². The maximum absolute atomic E-state index is 5.69. The van der Waals surface area contributed by atoms with Crippen molar-refractivity contribution in [3.8, 4) is 11.6 Å². The van der Waals surface area contributed by atoms with E-state index in [1.165, 1.54) is 0 Å². The first-order chi connectivity index (χ1) is 8.81. The topological polar surface area (TPSA) is 47.9 Å². The highest BCUT2D eigenvalue weighted by Crippen LogP contribution is 2.23. The molecule has 0 aliphatic heterocycles. The lowest BCUT2D eigenvalue weighted by Gasteiger charge is -2.05. The molecule has 3 rings (SSSR count). The minimum Gasteiger partial charge on any atom is -0.439 e. The van der Waals surface area contributed by atoms with Crippen LogP contribution in [0.3, 0.4) is 0 Å². The third-order valence-electron chi connectivity index (χ3n) is 2.40. The lowest BCUT2D eigenvalue weighted by molar-refractivity contribution is 0.462. The number of rotatable bonds is 2. The van der Waals surface area contributed by atoms with Gasteiger partial charge in [-0.1, -0.05) is 6.07 Å². The Labute approximate surface area is 108 Å². The summed E-state index contributed by atoms with van der Waals surface area (Å²) in [5.74, 6) is 1.07. The Morgan fingerprint density at radius 3 is 2.83 bits per heavy atom. The zero-order valence-corrected chi connectivity index (χ0v) is 10.0. The summed E-state index contributed by atoms with van der Waals surface area (Å²) in [6, 6.07) is 11.2. The van der Waals surface area contributed by atoms with Gasteiger partial charge in [-0.2, -0.15) is 4.98 Å². The first-order valence-corrected chi connectivity index (χ1v) is 5.70. The summed E-state index contributed by atoms with van der Waals surface area (Å²) in [6.07, 6.45) is 3.29. The van der Waals surface area contributed by atoms with Crippen LogP contribution >= 0.6 is 11.6 Å². The Morgan fingerprint density at radius 1 is 1.00 bits per heavy atom. The fourth-order valence-corrected chi connectivity index (χ4v) is 1.75. The van der Waals surface area contributed by atoms with Crippen molar-refractivity contribution in [1.82, 2.24) is 15.0 Å². The quantitative estimate of drug-likeness (QED) is 0.660. The summed E-state index contributed by atoms with van der Waals surface area (Å²) in [4.78, 5) is 12.0. The zero-order chi connectivity index (χ0) is 12.4. The summed E-state index contributed by atoms with van der Waals surface area (Å²) >= 11 is 5.69. The molecule has 2 heterocycles. The van der Waals surface area contributed by atoms with Gasteiger partial charge in [0.15, 0.2) is 0 Å². The number of fused-ring (bicyclic) bond motifs is 1. The second-order valence-corrected chi connectivity index (χ2v) is 3.96. The molecule has 4 nitrogen and oxygen atoms in total. The highest BCUT2D eigenvalue weighted by molar-refractivity contribution is 6.28. The molecule has 0 spiro atoms. The molecule has 3 aromatic rings. The first kappa shape index (κ1) is 10.9. The molecule has 0 fully saturated rings. The van der Waals surface area contributed by atoms with Crippen LogP contribution in [0.5, 0.6) is 11.6 Å². The van der Waals surface area contributed by atoms with Crippen molar-refractivity contribution in [1.29, 1.82) is 0 Å². The Balaban J connectivity index is 1.95. The van der Waals surface area contributed by atoms with Crippen LogP contribution in [0.4, 0.5) is 0 Å². The second-order valence-electron chi connectivity index (χ2n) is 3.62. The average Bonchev–Trinajstić information content (AvgIpc) is 2.39. The van der Waals surface area contributed by atoms with Crippen molar-refractivity contribution < 1.29 is 4.74 Å². The number of hydrogen-bond donors (Lipinski definition) is 0. The van der Waals surface area contributed by atoms with E-state index in [9.17, 15) is 0 Å². The highest BCUT2D eigenvalue weighted by Gasteiger charge is 2.02. The van der Waals surface area contributed by atoms with E-state index in [4.69, 9.17) is 16.3 Å². The van der Waals surface area contributed by atoms with Gasteiger partial charge in [0.25, 0.3) is 0 Å². The van der Waals surface area contributed by atoms with Crippen LogP contribution < -0.4 is 4.74 Å². The third kappa shape index (κ3) is 2.24. The fourth-order valence-electron chi connectivity index (χ4n) is 1.61. The Morgan fingerprint density at radius 2 is 1.94 bits per heavy atom. The average molecular weight is 258 g/mol. The van der Waals surface area contributed by atoms with E-state index in [2.05, 4.69) is 15.0 Å². The molecule has 0 atom stereocenters. The van der Waals surface area contributed by atoms with Gasteiger partial charge in [-0.3, -0.25) is 4.98 Å². The van der Waals surface area contributed by atoms with Gasteiger partial charge in [0.05, 0.1) is 5.52 Å². The smallest absolute Gasteiger partial charge is 0.225 e. The van der Waals surface area contributed by atoms with Crippen molar-refractivity contribution in [2.75, 3.05) is 0 Å². The number of aromatic nitrogens is 3. The van der Waals surface area contributed by atoms with Crippen molar-refractivity contribution >= 4 is 22.5 Å². The molecule has 5 heteroatoms. The maximum atomic E-state index is 5.69. The van der Waals surface area contributed by atoms with Gasteiger partial charge in [0.1, 0.15) is 5.75 Å². The second kappa shape index (κ2) is 4.58. The molecule has 0 saturated heterocycles. The normalized spacial score (nSPS) is 10.5. The molecule has 0 unspecified atom stereocenters. The Hall–Kier alpha value is -2.20. The summed E-state index contributed by atoms with van der Waals surface area (Å²) in [5.41, 5.74) is 0.871. The van der Waals surface area contributed by atoms with Gasteiger partial charge in [-0.05, 0) is 29.8 Å². The van der Waals surface area contributed by atoms with Crippen LogP contribution in [0.25, 0.3) is 10.9 Å². The number of ether oxygens (including phenoxy) is 1. The summed E-state index contributed by atoms with van der Waals surface area (Å²) in [7, 11) is 0. The largest absolute Gasteiger partial charge is 0.439 e. The molecule has 1 aromatic carbocycles. The zero-order valence-electron chi connectivity index (χ0n) is 9.25. The van der Waals surface area contributed by atoms with Crippen LogP contribution in [0.2, 0.25) is 5.28 Å². The molecular weight excluding hydrogens is 250 g/mol. The standard InChI is InChI=1S/C13H8ClN3O/c14-13-16-7-5-12(17-13)18-10-4-3-9-2-1-6-15-11(9)8-10/h1-8H. The van der Waals surface area contributed by atoms with Crippen molar-refractivity contribution in [3.05, 3.63) is 54.1 Å². The van der Waals surface area contributed by atoms with E-state index in [1.54, 1.807) is 18.5 Å². The van der Waals surface area contributed by atoms with Crippen LogP contribution in [0, 0.1) is 0 Å². The van der Waals surface area contributed by atoms with Gasteiger partial charge >= 0.3 is 0 Å². The third-order valence-corrected chi connectivity index (χ3v) is 2.58. The lowest BCUT2D eigenvalue weighted by Crippen LogP contribution is -1.89. The van der Waals surface area contributed by atoms with Gasteiger partial charge in [0.2, 0.25) is 11.2 Å². The van der Waals surface area contributed by atoms with Crippen LogP contribution in [-0.2, 0) is 0 Å². The van der Waals surface area contributed by atoms with Gasteiger partial charge in [-0.25, -0.2) is 4.98 Å². The minimum atomic E-state index is 0.159. The van der Waals surface area contributed by atoms with Gasteiger partial charge in [0, 0.05) is 29.9 Å². The van der Waals surface area contributed by atoms with Gasteiger partial charge in [-0.15, -0.1) is 0 Å². The van der Waals surface area contributed by atoms with Crippen molar-refractivity contribution in [2.45, 2.75) is 0 Å². The predicted octanol–water partition coefficient (Wildman–Crippen LogP) is 3.47. The molecule has 88 valence electrons. The first-order valence-electron chi connectivity index (χ1n) is 5.32. The molecular formula is C13H8ClN3O. The van der Waals surface area contributed by atoms with E-state index in [1.807, 2.05) is 30.3 Å². The van der Waals surface area contributed by atoms with E-state index < -0.39 is 0 Å². The van der Waals surface area contributed by atoms with Crippen LogP contribution in [0.15, 0.2) is 48.8 Å². The fraction of sp³-hybridized carbons (Fsp3) is 0. The summed E-state index contributed by atoms with van der Waals surface area (Å²) in [5, 5.41) is 1.22. The molecule has 2 aromatic heterocycles. The number of halogens is 1. The highest BCUT2D eigenvalue weighted by atomic mass is 35.5. The minimum absolute atomic E-state index is 0.159. The monoisotopic (exact) mass is 257 g/mol. The van der Waals surface area contributed by atoms with E-state index >= 15 is 0 Å². The molecule has 0 radical (unpaired) electrons. The van der Waals surface area contributed by atoms with Crippen LogP contribution in [-0.4, -0.2) is 15.0 Å². The van der Waals surface area contributed by atoms with Crippen molar-refractivity contribution in [3.63, 3.8) is 0 Å². The van der Waals surface area contributed by atoms with Gasteiger partial charge < -0.3 is 4.74 Å². The molecule has 0 aliphatic rings. The number of hydrogen-bond acceptors (Lipinski definition) is 4. The molecule has 0 amide bonds. The number of pyridine rings is 1. The number of nitrogens with zero attached hydrogens (tertiary/aromatic N) is 3. The molecule has 0 aliphatic carbocycles. The lowest BCUT2D eigenvalue weighted by atomic mass is 10.2. The molecule has 0 N–H and O–H groups in total. The maximum Gasteiger partial charge on any atom is 0.225 e. The molecule has 0 saturated carbocycles. The SMILES string of the molecule is Clc1nccc(Oc2ccc3cccnc3c2)n1. The number of benzene rings is 1. The molecule has 18 heavy (non-hydrogen) atoms. The summed E-state index contributed by atoms with van der Waals surface area (Å²) in [6.45, 7) is 0. The van der Waals surface area contributed by atoms with Crippen LogP contribution in [0.1, 0.15) is 0 Å². The predicted molar refractivity (Wildman–Crippen MR) is 68.9 cm³/mol. The Kier molecular flexibility index (Phi) is 2.78. The van der Waals surface area contributed by atoms with E-state index in [0.717, 1.165) is 10.9 Å². The van der Waals surface area contributed by atoms with E-state index in [0.29, 0.717) is 11.6 Å². The van der Waals surface area contributed by atoms with Crippen molar-refractivity contribution in [2.24, 2.45) is 0 Å².